The number of rotatable bonds is 3. The number of anilines is 2. The molecule has 0 bridgehead atoms. The summed E-state index contributed by atoms with van der Waals surface area (Å²) in [5.41, 5.74) is 1.20. The van der Waals surface area contributed by atoms with Gasteiger partial charge in [-0.3, -0.25) is 0 Å². The Balaban J connectivity index is 1.33. The van der Waals surface area contributed by atoms with Gasteiger partial charge in [0.25, 0.3) is 0 Å². The van der Waals surface area contributed by atoms with Crippen LogP contribution < -0.4 is 9.80 Å². The van der Waals surface area contributed by atoms with Crippen LogP contribution in [0.5, 0.6) is 0 Å². The molecule has 0 N–H and O–H groups in total. The minimum Gasteiger partial charge on any atom is -0.354 e. The van der Waals surface area contributed by atoms with Crippen molar-refractivity contribution in [1.29, 1.82) is 5.26 Å². The molecule has 2 fully saturated rings. The molecule has 0 spiro atoms. The Morgan fingerprint density at radius 3 is 2.59 bits per heavy atom. The van der Waals surface area contributed by atoms with E-state index in [1.54, 1.807) is 12.3 Å². The van der Waals surface area contributed by atoms with E-state index < -0.39 is 0 Å². The van der Waals surface area contributed by atoms with Gasteiger partial charge in [0.15, 0.2) is 11.5 Å². The van der Waals surface area contributed by atoms with Crippen molar-refractivity contribution >= 4 is 17.4 Å². The molecule has 9 heteroatoms. The van der Waals surface area contributed by atoms with Crippen molar-refractivity contribution in [2.24, 2.45) is 11.8 Å². The topological polar surface area (TPSA) is 99.1 Å². The maximum atomic E-state index is 9.04. The van der Waals surface area contributed by atoms with Gasteiger partial charge in [-0.25, -0.2) is 9.97 Å². The van der Waals surface area contributed by atoms with Crippen molar-refractivity contribution in [3.05, 3.63) is 35.9 Å². The van der Waals surface area contributed by atoms with E-state index in [1.165, 1.54) is 0 Å². The van der Waals surface area contributed by atoms with Crippen LogP contribution in [0, 0.1) is 23.2 Å². The molecule has 3 aromatic heterocycles. The first-order valence-corrected chi connectivity index (χ1v) is 9.19. The summed E-state index contributed by atoms with van der Waals surface area (Å²) in [6.07, 6.45) is 2.46. The third-order valence-electron chi connectivity index (χ3n) is 5.48. The highest BCUT2D eigenvalue weighted by atomic mass is 15.4. The third-order valence-corrected chi connectivity index (χ3v) is 5.48. The normalized spacial score (nSPS) is 21.6. The highest BCUT2D eigenvalue weighted by Gasteiger charge is 2.41. The third kappa shape index (κ3) is 2.65. The molecule has 0 aliphatic carbocycles. The SMILES string of the molecule is CCc1nnc2ccc(N3CC4CN(c5nccc(C#N)n5)CC4C3)nn12. The van der Waals surface area contributed by atoms with E-state index in [0.717, 1.165) is 49.9 Å². The predicted molar refractivity (Wildman–Crippen MR) is 98.3 cm³/mol. The molecule has 2 aliphatic rings. The van der Waals surface area contributed by atoms with Crippen LogP contribution in [0.2, 0.25) is 0 Å². The number of nitriles is 1. The fraction of sp³-hybridized carbons (Fsp3) is 0.444. The summed E-state index contributed by atoms with van der Waals surface area (Å²) in [5, 5.41) is 22.1. The van der Waals surface area contributed by atoms with Gasteiger partial charge in [0, 0.05) is 50.6 Å². The van der Waals surface area contributed by atoms with Gasteiger partial charge in [0.05, 0.1) is 0 Å². The van der Waals surface area contributed by atoms with Crippen molar-refractivity contribution in [2.75, 3.05) is 36.0 Å². The molecule has 0 aromatic carbocycles. The second-order valence-electron chi connectivity index (χ2n) is 7.12. The fourth-order valence-corrected chi connectivity index (χ4v) is 4.12. The molecule has 27 heavy (non-hydrogen) atoms. The zero-order valence-corrected chi connectivity index (χ0v) is 15.0. The van der Waals surface area contributed by atoms with Crippen LogP contribution in [0.25, 0.3) is 5.65 Å². The number of aryl methyl sites for hydroxylation is 1. The Labute approximate surface area is 156 Å². The molecule has 0 radical (unpaired) electrons. The van der Waals surface area contributed by atoms with Crippen LogP contribution in [0.4, 0.5) is 11.8 Å². The monoisotopic (exact) mass is 361 g/mol. The average Bonchev–Trinajstić information content (AvgIpc) is 3.40. The Morgan fingerprint density at radius 1 is 1.07 bits per heavy atom. The smallest absolute Gasteiger partial charge is 0.226 e. The lowest BCUT2D eigenvalue weighted by molar-refractivity contribution is 0.533. The summed E-state index contributed by atoms with van der Waals surface area (Å²) in [5.74, 6) is 3.60. The summed E-state index contributed by atoms with van der Waals surface area (Å²) < 4.78 is 1.84. The zero-order chi connectivity index (χ0) is 18.4. The van der Waals surface area contributed by atoms with Gasteiger partial charge >= 0.3 is 0 Å². The first-order valence-electron chi connectivity index (χ1n) is 9.19. The Hall–Kier alpha value is -3.28. The predicted octanol–water partition coefficient (Wildman–Crippen LogP) is 0.921. The zero-order valence-electron chi connectivity index (χ0n) is 15.0. The number of aromatic nitrogens is 6. The average molecular weight is 361 g/mol. The molecule has 0 saturated carbocycles. The van der Waals surface area contributed by atoms with E-state index in [9.17, 15) is 0 Å². The highest BCUT2D eigenvalue weighted by Crippen LogP contribution is 2.34. The maximum absolute atomic E-state index is 9.04. The van der Waals surface area contributed by atoms with Crippen LogP contribution in [0.15, 0.2) is 24.4 Å². The van der Waals surface area contributed by atoms with Gasteiger partial charge in [-0.2, -0.15) is 9.78 Å². The van der Waals surface area contributed by atoms with Crippen LogP contribution in [-0.4, -0.2) is 56.0 Å². The Kier molecular flexibility index (Phi) is 3.63. The van der Waals surface area contributed by atoms with Crippen molar-refractivity contribution in [2.45, 2.75) is 13.3 Å². The molecule has 2 aliphatic heterocycles. The van der Waals surface area contributed by atoms with E-state index >= 15 is 0 Å². The van der Waals surface area contributed by atoms with Crippen LogP contribution in [0.1, 0.15) is 18.4 Å². The van der Waals surface area contributed by atoms with E-state index in [0.29, 0.717) is 23.5 Å². The molecule has 2 unspecified atom stereocenters. The summed E-state index contributed by atoms with van der Waals surface area (Å²) in [4.78, 5) is 13.2. The molecule has 136 valence electrons. The minimum atomic E-state index is 0.414. The van der Waals surface area contributed by atoms with Crippen molar-refractivity contribution in [3.8, 4) is 6.07 Å². The molecule has 0 amide bonds. The second kappa shape index (κ2) is 6.16. The molecule has 3 aromatic rings. The summed E-state index contributed by atoms with van der Waals surface area (Å²) >= 11 is 0. The van der Waals surface area contributed by atoms with Gasteiger partial charge in [-0.15, -0.1) is 15.3 Å². The quantitative estimate of drug-likeness (QED) is 0.679. The lowest BCUT2D eigenvalue weighted by atomic mass is 10.0. The number of hydrogen-bond acceptors (Lipinski definition) is 8. The molecular weight excluding hydrogens is 342 g/mol. The van der Waals surface area contributed by atoms with Gasteiger partial charge in [0.2, 0.25) is 5.95 Å². The van der Waals surface area contributed by atoms with Crippen LogP contribution >= 0.6 is 0 Å². The fourth-order valence-electron chi connectivity index (χ4n) is 4.12. The first kappa shape index (κ1) is 15.9. The summed E-state index contributed by atoms with van der Waals surface area (Å²) in [6.45, 7) is 5.79. The van der Waals surface area contributed by atoms with E-state index in [4.69, 9.17) is 10.4 Å². The second-order valence-corrected chi connectivity index (χ2v) is 7.12. The number of hydrogen-bond donors (Lipinski definition) is 0. The van der Waals surface area contributed by atoms with Gasteiger partial charge in [-0.05, 0) is 18.2 Å². The molecule has 2 saturated heterocycles. The molecule has 5 heterocycles. The van der Waals surface area contributed by atoms with E-state index in [-0.39, 0.29) is 0 Å². The Bertz CT molecular complexity index is 1020. The first-order chi connectivity index (χ1) is 13.2. The highest BCUT2D eigenvalue weighted by molar-refractivity contribution is 5.47. The van der Waals surface area contributed by atoms with Gasteiger partial charge in [0.1, 0.15) is 17.6 Å². The lowest BCUT2D eigenvalue weighted by Gasteiger charge is -2.22. The Morgan fingerprint density at radius 2 is 1.85 bits per heavy atom. The van der Waals surface area contributed by atoms with Crippen molar-refractivity contribution in [3.63, 3.8) is 0 Å². The molecule has 9 nitrogen and oxygen atoms in total. The van der Waals surface area contributed by atoms with Crippen LogP contribution in [0.3, 0.4) is 0 Å². The van der Waals surface area contributed by atoms with Crippen LogP contribution in [-0.2, 0) is 6.42 Å². The van der Waals surface area contributed by atoms with E-state index in [2.05, 4.69) is 43.0 Å². The largest absolute Gasteiger partial charge is 0.354 e. The molecule has 2 atom stereocenters. The number of fused-ring (bicyclic) bond motifs is 2. The maximum Gasteiger partial charge on any atom is 0.226 e. The standard InChI is InChI=1S/C18H19N9/c1-2-15-22-23-16-3-4-17(24-27(15)16)25-8-12-10-26(11-13(12)9-25)18-20-6-5-14(7-19)21-18/h3-6,12-13H,2,8-11H2,1H3. The van der Waals surface area contributed by atoms with E-state index in [1.807, 2.05) is 16.6 Å². The van der Waals surface area contributed by atoms with Crippen molar-refractivity contribution in [1.82, 2.24) is 29.8 Å². The summed E-state index contributed by atoms with van der Waals surface area (Å²) in [7, 11) is 0. The number of nitrogens with zero attached hydrogens (tertiary/aromatic N) is 9. The molecule has 5 rings (SSSR count). The molecular formula is C18H19N9. The lowest BCUT2D eigenvalue weighted by Crippen LogP contribution is -2.30. The minimum absolute atomic E-state index is 0.414. The van der Waals surface area contributed by atoms with Crippen molar-refractivity contribution < 1.29 is 0 Å². The summed E-state index contributed by atoms with van der Waals surface area (Å²) in [6, 6.07) is 7.73. The van der Waals surface area contributed by atoms with Gasteiger partial charge < -0.3 is 9.80 Å². The van der Waals surface area contributed by atoms with Gasteiger partial charge in [-0.1, -0.05) is 6.92 Å².